The molecule has 0 radical (unpaired) electrons. The van der Waals surface area contributed by atoms with Crippen molar-refractivity contribution in [1.29, 1.82) is 0 Å². The Morgan fingerprint density at radius 3 is 3.11 bits per heavy atom. The van der Waals surface area contributed by atoms with E-state index in [9.17, 15) is 4.79 Å². The molecule has 2 rings (SSSR count). The van der Waals surface area contributed by atoms with Gasteiger partial charge >= 0.3 is 5.97 Å². The minimum Gasteiger partial charge on any atom is -0.465 e. The van der Waals surface area contributed by atoms with E-state index in [1.165, 1.54) is 7.11 Å². The van der Waals surface area contributed by atoms with Crippen LogP contribution in [0.1, 0.15) is 30.1 Å². The minimum atomic E-state index is -0.342. The first-order valence-corrected chi connectivity index (χ1v) is 6.71. The number of ether oxygens (including phenoxy) is 1. The number of hydrogen-bond acceptors (Lipinski definition) is 5. The molecule has 19 heavy (non-hydrogen) atoms. The first-order chi connectivity index (χ1) is 9.17. The molecule has 0 saturated carbocycles. The van der Waals surface area contributed by atoms with Crippen molar-refractivity contribution in [2.75, 3.05) is 25.1 Å². The van der Waals surface area contributed by atoms with Gasteiger partial charge in [0.25, 0.3) is 0 Å². The topological polar surface area (TPSA) is 68.5 Å². The molecule has 1 aromatic rings. The molecule has 1 aliphatic heterocycles. The third kappa shape index (κ3) is 2.87. The van der Waals surface area contributed by atoms with Crippen molar-refractivity contribution in [2.45, 2.75) is 25.8 Å². The number of piperidine rings is 1. The average molecular weight is 263 g/mol. The molecular formula is C14H21N3O2. The Morgan fingerprint density at radius 1 is 1.63 bits per heavy atom. The van der Waals surface area contributed by atoms with Crippen molar-refractivity contribution in [1.82, 2.24) is 4.98 Å². The van der Waals surface area contributed by atoms with Crippen molar-refractivity contribution in [3.8, 4) is 0 Å². The van der Waals surface area contributed by atoms with Crippen LogP contribution in [0.4, 0.5) is 5.82 Å². The summed E-state index contributed by atoms with van der Waals surface area (Å²) in [7, 11) is 1.39. The molecule has 2 atom stereocenters. The van der Waals surface area contributed by atoms with Crippen LogP contribution in [0.5, 0.6) is 0 Å². The largest absolute Gasteiger partial charge is 0.465 e. The molecule has 2 heterocycles. The average Bonchev–Trinajstić information content (AvgIpc) is 2.47. The molecule has 0 spiro atoms. The first kappa shape index (κ1) is 13.8. The summed E-state index contributed by atoms with van der Waals surface area (Å²) in [6.07, 6.45) is 3.67. The van der Waals surface area contributed by atoms with Crippen LogP contribution in [0.3, 0.4) is 0 Å². The van der Waals surface area contributed by atoms with E-state index in [1.54, 1.807) is 18.3 Å². The molecule has 0 aromatic carbocycles. The smallest absolute Gasteiger partial charge is 0.341 e. The zero-order valence-corrected chi connectivity index (χ0v) is 11.5. The summed E-state index contributed by atoms with van der Waals surface area (Å²) in [5, 5.41) is 0. The summed E-state index contributed by atoms with van der Waals surface area (Å²) in [5.74, 6) is 0.812. The van der Waals surface area contributed by atoms with Crippen LogP contribution < -0.4 is 10.6 Å². The van der Waals surface area contributed by atoms with Gasteiger partial charge < -0.3 is 15.4 Å². The number of nitrogens with two attached hydrogens (primary N) is 1. The Kier molecular flexibility index (Phi) is 4.37. The van der Waals surface area contributed by atoms with Gasteiger partial charge in [-0.05, 0) is 24.5 Å². The molecule has 1 saturated heterocycles. The van der Waals surface area contributed by atoms with Crippen LogP contribution in [-0.4, -0.2) is 37.2 Å². The van der Waals surface area contributed by atoms with Gasteiger partial charge in [-0.2, -0.15) is 0 Å². The lowest BCUT2D eigenvalue weighted by Gasteiger charge is -2.37. The molecule has 1 aromatic heterocycles. The fourth-order valence-corrected chi connectivity index (χ4v) is 2.59. The van der Waals surface area contributed by atoms with Gasteiger partial charge in [0, 0.05) is 25.3 Å². The molecule has 2 N–H and O–H groups in total. The maximum absolute atomic E-state index is 11.8. The van der Waals surface area contributed by atoms with Crippen LogP contribution in [0.2, 0.25) is 0 Å². The van der Waals surface area contributed by atoms with Crippen molar-refractivity contribution >= 4 is 11.8 Å². The molecule has 5 nitrogen and oxygen atoms in total. The predicted molar refractivity (Wildman–Crippen MR) is 74.2 cm³/mol. The molecule has 0 amide bonds. The minimum absolute atomic E-state index is 0.242. The standard InChI is InChI=1S/C14H21N3O2/c1-3-10-9-17(8-6-12(10)15)13-11(14(18)19-2)5-4-7-16-13/h4-5,7,10,12H,3,6,8-9,15H2,1-2H3. The van der Waals surface area contributed by atoms with Gasteiger partial charge in [0.05, 0.1) is 7.11 Å². The summed E-state index contributed by atoms with van der Waals surface area (Å²) in [6.45, 7) is 3.82. The monoisotopic (exact) mass is 263 g/mol. The van der Waals surface area contributed by atoms with Crippen LogP contribution >= 0.6 is 0 Å². The normalized spacial score (nSPS) is 23.2. The second kappa shape index (κ2) is 6.02. The molecule has 0 bridgehead atoms. The number of hydrogen-bond donors (Lipinski definition) is 1. The van der Waals surface area contributed by atoms with Crippen LogP contribution in [0.15, 0.2) is 18.3 Å². The fraction of sp³-hybridized carbons (Fsp3) is 0.571. The van der Waals surface area contributed by atoms with Gasteiger partial charge in [0.2, 0.25) is 0 Å². The highest BCUT2D eigenvalue weighted by Crippen LogP contribution is 2.25. The molecule has 2 unspecified atom stereocenters. The molecular weight excluding hydrogens is 242 g/mol. The van der Waals surface area contributed by atoms with Gasteiger partial charge in [-0.25, -0.2) is 9.78 Å². The number of nitrogens with zero attached hydrogens (tertiary/aromatic N) is 2. The number of methoxy groups -OCH3 is 1. The third-order valence-electron chi connectivity index (χ3n) is 3.81. The second-order valence-corrected chi connectivity index (χ2v) is 4.93. The highest BCUT2D eigenvalue weighted by molar-refractivity contribution is 5.94. The number of rotatable bonds is 3. The van der Waals surface area contributed by atoms with Crippen molar-refractivity contribution < 1.29 is 9.53 Å². The van der Waals surface area contributed by atoms with Crippen molar-refractivity contribution in [3.63, 3.8) is 0 Å². The maximum Gasteiger partial charge on any atom is 0.341 e. The molecule has 0 aliphatic carbocycles. The highest BCUT2D eigenvalue weighted by atomic mass is 16.5. The number of carbonyl (C=O) groups excluding carboxylic acids is 1. The highest BCUT2D eigenvalue weighted by Gasteiger charge is 2.28. The van der Waals surface area contributed by atoms with E-state index in [0.29, 0.717) is 17.3 Å². The van der Waals surface area contributed by atoms with E-state index in [2.05, 4.69) is 16.8 Å². The molecule has 5 heteroatoms. The van der Waals surface area contributed by atoms with E-state index < -0.39 is 0 Å². The first-order valence-electron chi connectivity index (χ1n) is 6.71. The maximum atomic E-state index is 11.8. The zero-order chi connectivity index (χ0) is 13.8. The SMILES string of the molecule is CCC1CN(c2ncccc2C(=O)OC)CCC1N. The second-order valence-electron chi connectivity index (χ2n) is 4.93. The van der Waals surface area contributed by atoms with Crippen molar-refractivity contribution in [3.05, 3.63) is 23.9 Å². The van der Waals surface area contributed by atoms with Gasteiger partial charge in [0.15, 0.2) is 0 Å². The Labute approximate surface area is 113 Å². The number of aromatic nitrogens is 1. The van der Waals surface area contributed by atoms with E-state index in [0.717, 1.165) is 25.9 Å². The summed E-state index contributed by atoms with van der Waals surface area (Å²) < 4.78 is 4.81. The lowest BCUT2D eigenvalue weighted by Crippen LogP contribution is -2.47. The number of anilines is 1. The van der Waals surface area contributed by atoms with Gasteiger partial charge in [-0.15, -0.1) is 0 Å². The number of carbonyl (C=O) groups is 1. The Morgan fingerprint density at radius 2 is 2.42 bits per heavy atom. The molecule has 104 valence electrons. The van der Waals surface area contributed by atoms with Crippen molar-refractivity contribution in [2.24, 2.45) is 11.7 Å². The number of esters is 1. The van der Waals surface area contributed by atoms with Crippen LogP contribution in [-0.2, 0) is 4.74 Å². The lowest BCUT2D eigenvalue weighted by atomic mass is 9.90. The van der Waals surface area contributed by atoms with Crippen LogP contribution in [0.25, 0.3) is 0 Å². The zero-order valence-electron chi connectivity index (χ0n) is 11.5. The lowest BCUT2D eigenvalue weighted by molar-refractivity contribution is 0.0601. The molecule has 1 fully saturated rings. The Balaban J connectivity index is 2.24. The summed E-state index contributed by atoms with van der Waals surface area (Å²) in [5.41, 5.74) is 6.64. The van der Waals surface area contributed by atoms with E-state index in [-0.39, 0.29) is 12.0 Å². The van der Waals surface area contributed by atoms with E-state index >= 15 is 0 Å². The van der Waals surface area contributed by atoms with E-state index in [4.69, 9.17) is 10.5 Å². The number of pyridine rings is 1. The van der Waals surface area contributed by atoms with Gasteiger partial charge in [-0.1, -0.05) is 13.3 Å². The summed E-state index contributed by atoms with van der Waals surface area (Å²) in [4.78, 5) is 18.3. The van der Waals surface area contributed by atoms with E-state index in [1.807, 2.05) is 0 Å². The van der Waals surface area contributed by atoms with Crippen LogP contribution in [0, 0.1) is 5.92 Å². The third-order valence-corrected chi connectivity index (χ3v) is 3.81. The quantitative estimate of drug-likeness (QED) is 0.836. The Hall–Kier alpha value is -1.62. The summed E-state index contributed by atoms with van der Waals surface area (Å²) in [6, 6.07) is 3.75. The van der Waals surface area contributed by atoms with Gasteiger partial charge in [-0.3, -0.25) is 0 Å². The Bertz CT molecular complexity index is 450. The predicted octanol–water partition coefficient (Wildman–Crippen LogP) is 1.43. The van der Waals surface area contributed by atoms with Gasteiger partial charge in [0.1, 0.15) is 11.4 Å². The summed E-state index contributed by atoms with van der Waals surface area (Å²) >= 11 is 0. The fourth-order valence-electron chi connectivity index (χ4n) is 2.59. The molecule has 1 aliphatic rings.